The Morgan fingerprint density at radius 2 is 2.23 bits per heavy atom. The van der Waals surface area contributed by atoms with E-state index in [1.54, 1.807) is 11.3 Å². The fourth-order valence-electron chi connectivity index (χ4n) is 3.27. The summed E-state index contributed by atoms with van der Waals surface area (Å²) in [6.07, 6.45) is 4.73. The van der Waals surface area contributed by atoms with Crippen molar-refractivity contribution >= 4 is 17.2 Å². The Kier molecular flexibility index (Phi) is 4.57. The summed E-state index contributed by atoms with van der Waals surface area (Å²) in [4.78, 5) is 20.0. The first-order valence-electron chi connectivity index (χ1n) is 7.89. The molecule has 3 nitrogen and oxygen atoms in total. The van der Waals surface area contributed by atoms with Crippen LogP contribution < -0.4 is 0 Å². The molecule has 1 aromatic carbocycles. The molecule has 4 heteroatoms. The van der Waals surface area contributed by atoms with E-state index >= 15 is 0 Å². The number of thiazole rings is 1. The molecule has 0 N–H and O–H groups in total. The van der Waals surface area contributed by atoms with Gasteiger partial charge in [0.15, 0.2) is 0 Å². The number of hydrogen-bond acceptors (Lipinski definition) is 3. The highest BCUT2D eigenvalue weighted by Gasteiger charge is 2.26. The number of hydrogen-bond donors (Lipinski definition) is 0. The summed E-state index contributed by atoms with van der Waals surface area (Å²) >= 11 is 1.65. The van der Waals surface area contributed by atoms with Gasteiger partial charge in [-0.2, -0.15) is 0 Å². The molecular weight excluding hydrogens is 292 g/mol. The number of fused-ring (bicyclic) bond motifs is 1. The second-order valence-electron chi connectivity index (χ2n) is 5.97. The second kappa shape index (κ2) is 6.61. The standard InChI is InChI=1S/C18H22N2OS/c1-13-17(22-12-19-13)10-11-18(21)20(2)16-9-5-7-14-6-3-4-8-15(14)16/h3-4,6,8,12,16H,5,7,9-11H2,1-2H3. The molecule has 1 amide bonds. The molecule has 1 heterocycles. The molecule has 1 aliphatic carbocycles. The lowest BCUT2D eigenvalue weighted by Crippen LogP contribution is -2.33. The van der Waals surface area contributed by atoms with Crippen LogP contribution in [0.25, 0.3) is 0 Å². The lowest BCUT2D eigenvalue weighted by molar-refractivity contribution is -0.132. The number of nitrogens with zero attached hydrogens (tertiary/aromatic N) is 2. The van der Waals surface area contributed by atoms with Gasteiger partial charge in [-0.05, 0) is 43.7 Å². The van der Waals surface area contributed by atoms with Crippen LogP contribution in [0.2, 0.25) is 0 Å². The van der Waals surface area contributed by atoms with Gasteiger partial charge in [-0.15, -0.1) is 11.3 Å². The van der Waals surface area contributed by atoms with Crippen molar-refractivity contribution in [1.82, 2.24) is 9.88 Å². The van der Waals surface area contributed by atoms with Crippen LogP contribution in [-0.4, -0.2) is 22.8 Å². The van der Waals surface area contributed by atoms with Crippen molar-refractivity contribution < 1.29 is 4.79 Å². The van der Waals surface area contributed by atoms with Crippen LogP contribution in [0.15, 0.2) is 29.8 Å². The third-order valence-electron chi connectivity index (χ3n) is 4.61. The van der Waals surface area contributed by atoms with Gasteiger partial charge in [0.2, 0.25) is 5.91 Å². The van der Waals surface area contributed by atoms with Gasteiger partial charge in [-0.25, -0.2) is 4.98 Å². The van der Waals surface area contributed by atoms with Crippen molar-refractivity contribution in [2.75, 3.05) is 7.05 Å². The Morgan fingerprint density at radius 1 is 1.41 bits per heavy atom. The molecule has 3 rings (SSSR count). The summed E-state index contributed by atoms with van der Waals surface area (Å²) in [6.45, 7) is 2.01. The molecule has 22 heavy (non-hydrogen) atoms. The number of rotatable bonds is 4. The van der Waals surface area contributed by atoms with E-state index < -0.39 is 0 Å². The quantitative estimate of drug-likeness (QED) is 0.857. The minimum atomic E-state index is 0.231. The van der Waals surface area contributed by atoms with Crippen molar-refractivity contribution in [3.05, 3.63) is 51.5 Å². The van der Waals surface area contributed by atoms with E-state index in [9.17, 15) is 4.79 Å². The second-order valence-corrected chi connectivity index (χ2v) is 6.91. The van der Waals surface area contributed by atoms with Gasteiger partial charge in [-0.3, -0.25) is 4.79 Å². The molecule has 1 atom stereocenters. The zero-order valence-corrected chi connectivity index (χ0v) is 14.0. The minimum Gasteiger partial charge on any atom is -0.339 e. The van der Waals surface area contributed by atoms with E-state index in [0.29, 0.717) is 6.42 Å². The highest BCUT2D eigenvalue weighted by molar-refractivity contribution is 7.09. The molecule has 0 radical (unpaired) electrons. The third kappa shape index (κ3) is 3.07. The molecule has 0 aliphatic heterocycles. The van der Waals surface area contributed by atoms with Crippen LogP contribution in [0.5, 0.6) is 0 Å². The van der Waals surface area contributed by atoms with E-state index in [-0.39, 0.29) is 11.9 Å². The predicted octanol–water partition coefficient (Wildman–Crippen LogP) is 3.92. The smallest absolute Gasteiger partial charge is 0.223 e. The Morgan fingerprint density at radius 3 is 3.00 bits per heavy atom. The van der Waals surface area contributed by atoms with Crippen LogP contribution in [0.4, 0.5) is 0 Å². The first-order chi connectivity index (χ1) is 10.7. The molecule has 0 saturated heterocycles. The number of aromatic nitrogens is 1. The Hall–Kier alpha value is -1.68. The highest BCUT2D eigenvalue weighted by Crippen LogP contribution is 2.33. The summed E-state index contributed by atoms with van der Waals surface area (Å²) in [5, 5.41) is 0. The molecule has 1 aliphatic rings. The summed E-state index contributed by atoms with van der Waals surface area (Å²) in [5.41, 5.74) is 5.65. The zero-order chi connectivity index (χ0) is 15.5. The SMILES string of the molecule is Cc1ncsc1CCC(=O)N(C)C1CCCc2ccccc21. The van der Waals surface area contributed by atoms with E-state index in [1.807, 2.05) is 24.4 Å². The normalized spacial score (nSPS) is 17.1. The van der Waals surface area contributed by atoms with E-state index in [1.165, 1.54) is 16.0 Å². The van der Waals surface area contributed by atoms with Gasteiger partial charge >= 0.3 is 0 Å². The van der Waals surface area contributed by atoms with Gasteiger partial charge in [0.1, 0.15) is 0 Å². The maximum atomic E-state index is 12.6. The summed E-state index contributed by atoms with van der Waals surface area (Å²) in [7, 11) is 1.95. The molecule has 116 valence electrons. The van der Waals surface area contributed by atoms with Gasteiger partial charge in [0.25, 0.3) is 0 Å². The van der Waals surface area contributed by atoms with Crippen molar-refractivity contribution in [3.63, 3.8) is 0 Å². The number of amides is 1. The molecule has 2 aromatic rings. The first-order valence-corrected chi connectivity index (χ1v) is 8.77. The van der Waals surface area contributed by atoms with Crippen molar-refractivity contribution in [2.24, 2.45) is 0 Å². The largest absolute Gasteiger partial charge is 0.339 e. The number of carbonyl (C=O) groups excluding carboxylic acids is 1. The highest BCUT2D eigenvalue weighted by atomic mass is 32.1. The average Bonchev–Trinajstić information content (AvgIpc) is 2.96. The molecule has 1 unspecified atom stereocenters. The fraction of sp³-hybridized carbons (Fsp3) is 0.444. The number of aryl methyl sites for hydroxylation is 3. The summed E-state index contributed by atoms with van der Waals surface area (Å²) in [5.74, 6) is 0.231. The van der Waals surface area contributed by atoms with Crippen molar-refractivity contribution in [3.8, 4) is 0 Å². The number of benzene rings is 1. The van der Waals surface area contributed by atoms with Crippen LogP contribution in [0.1, 0.15) is 47.0 Å². The monoisotopic (exact) mass is 314 g/mol. The summed E-state index contributed by atoms with van der Waals surface area (Å²) < 4.78 is 0. The Labute approximate surface area is 136 Å². The Bertz CT molecular complexity index is 665. The minimum absolute atomic E-state index is 0.231. The maximum Gasteiger partial charge on any atom is 0.223 e. The van der Waals surface area contributed by atoms with Gasteiger partial charge in [0, 0.05) is 18.3 Å². The van der Waals surface area contributed by atoms with Crippen LogP contribution in [-0.2, 0) is 17.6 Å². The molecule has 0 spiro atoms. The lowest BCUT2D eigenvalue weighted by Gasteiger charge is -2.33. The van der Waals surface area contributed by atoms with E-state index in [4.69, 9.17) is 0 Å². The van der Waals surface area contributed by atoms with E-state index in [2.05, 4.69) is 29.2 Å². The van der Waals surface area contributed by atoms with Crippen LogP contribution in [0.3, 0.4) is 0 Å². The lowest BCUT2D eigenvalue weighted by atomic mass is 9.87. The molecule has 0 bridgehead atoms. The van der Waals surface area contributed by atoms with Crippen LogP contribution >= 0.6 is 11.3 Å². The van der Waals surface area contributed by atoms with Crippen molar-refractivity contribution in [2.45, 2.75) is 45.1 Å². The van der Waals surface area contributed by atoms with Crippen LogP contribution in [0, 0.1) is 6.92 Å². The molecular formula is C18H22N2OS. The molecule has 1 aromatic heterocycles. The molecule has 0 saturated carbocycles. The fourth-order valence-corrected chi connectivity index (χ4v) is 4.05. The average molecular weight is 314 g/mol. The van der Waals surface area contributed by atoms with Crippen molar-refractivity contribution in [1.29, 1.82) is 0 Å². The number of carbonyl (C=O) groups is 1. The first kappa shape index (κ1) is 15.2. The van der Waals surface area contributed by atoms with Gasteiger partial charge < -0.3 is 4.90 Å². The molecule has 0 fully saturated rings. The topological polar surface area (TPSA) is 33.2 Å². The maximum absolute atomic E-state index is 12.6. The van der Waals surface area contributed by atoms with E-state index in [0.717, 1.165) is 31.4 Å². The summed E-state index contributed by atoms with van der Waals surface area (Å²) in [6, 6.07) is 8.78. The third-order valence-corrected chi connectivity index (χ3v) is 5.60. The van der Waals surface area contributed by atoms with Gasteiger partial charge in [-0.1, -0.05) is 24.3 Å². The predicted molar refractivity (Wildman–Crippen MR) is 90.1 cm³/mol. The Balaban J connectivity index is 1.67. The zero-order valence-electron chi connectivity index (χ0n) is 13.2. The van der Waals surface area contributed by atoms with Gasteiger partial charge in [0.05, 0.1) is 17.2 Å².